The fourth-order valence-corrected chi connectivity index (χ4v) is 3.85. The molecule has 3 N–H and O–H groups in total. The smallest absolute Gasteiger partial charge is 0.411 e. The number of nitrogens with zero attached hydrogens (tertiary/aromatic N) is 2. The first-order valence-corrected chi connectivity index (χ1v) is 10.8. The number of aliphatic imine (C=N–C) groups is 1. The van der Waals surface area contributed by atoms with E-state index in [1.807, 2.05) is 24.3 Å². The lowest BCUT2D eigenvalue weighted by Gasteiger charge is -2.38. The minimum absolute atomic E-state index is 0. The molecule has 1 aliphatic heterocycles. The van der Waals surface area contributed by atoms with E-state index in [4.69, 9.17) is 0 Å². The summed E-state index contributed by atoms with van der Waals surface area (Å²) in [4.78, 5) is 18.2. The number of hydrogen-bond donors (Lipinski definition) is 3. The fraction of sp³-hybridized carbons (Fsp3) is 0.417. The fourth-order valence-electron chi connectivity index (χ4n) is 3.85. The molecular weight excluding hydrogens is 517 g/mol. The topological polar surface area (TPSA) is 78.0 Å². The SMILES string of the molecule is CN=C(NCc1ccc(NC(=O)OC)cc1)NC1CCN(Cc2ccccc2)C(C)C1.I. The second-order valence-electron chi connectivity index (χ2n) is 7.91. The number of benzene rings is 2. The van der Waals surface area contributed by atoms with E-state index in [1.165, 1.54) is 12.7 Å². The summed E-state index contributed by atoms with van der Waals surface area (Å²) in [6.07, 6.45) is 1.70. The largest absolute Gasteiger partial charge is 0.453 e. The van der Waals surface area contributed by atoms with Crippen molar-refractivity contribution in [3.05, 3.63) is 65.7 Å². The minimum atomic E-state index is -0.473. The van der Waals surface area contributed by atoms with Crippen LogP contribution in [0.25, 0.3) is 0 Å². The van der Waals surface area contributed by atoms with E-state index in [1.54, 1.807) is 7.05 Å². The zero-order valence-electron chi connectivity index (χ0n) is 19.0. The third-order valence-corrected chi connectivity index (χ3v) is 5.65. The number of guanidine groups is 1. The molecule has 1 heterocycles. The van der Waals surface area contributed by atoms with Gasteiger partial charge in [-0.05, 0) is 43.0 Å². The number of carbonyl (C=O) groups excluding carboxylic acids is 1. The minimum Gasteiger partial charge on any atom is -0.453 e. The van der Waals surface area contributed by atoms with E-state index < -0.39 is 6.09 Å². The van der Waals surface area contributed by atoms with Gasteiger partial charge in [0.25, 0.3) is 0 Å². The number of rotatable bonds is 6. The van der Waals surface area contributed by atoms with Crippen molar-refractivity contribution < 1.29 is 9.53 Å². The van der Waals surface area contributed by atoms with Gasteiger partial charge in [-0.2, -0.15) is 0 Å². The van der Waals surface area contributed by atoms with Gasteiger partial charge in [0.2, 0.25) is 0 Å². The van der Waals surface area contributed by atoms with Crippen LogP contribution in [0.5, 0.6) is 0 Å². The zero-order chi connectivity index (χ0) is 22.1. The molecule has 3 rings (SSSR count). The Morgan fingerprint density at radius 2 is 1.84 bits per heavy atom. The second-order valence-corrected chi connectivity index (χ2v) is 7.91. The molecule has 32 heavy (non-hydrogen) atoms. The Morgan fingerprint density at radius 1 is 1.12 bits per heavy atom. The Hall–Kier alpha value is -2.33. The molecule has 2 atom stereocenters. The van der Waals surface area contributed by atoms with Crippen molar-refractivity contribution in [2.24, 2.45) is 4.99 Å². The van der Waals surface area contributed by atoms with Crippen LogP contribution in [-0.2, 0) is 17.8 Å². The van der Waals surface area contributed by atoms with Crippen LogP contribution in [0, 0.1) is 0 Å². The number of carbonyl (C=O) groups is 1. The number of likely N-dealkylation sites (tertiary alicyclic amines) is 1. The standard InChI is InChI=1S/C24H33N5O2.HI/c1-18-15-22(13-14-29(18)17-20-7-5-4-6-8-20)27-23(25-2)26-16-19-9-11-21(12-10-19)28-24(30)31-3;/h4-12,18,22H,13-17H2,1-3H3,(H,28,30)(H2,25,26,27);1H. The van der Waals surface area contributed by atoms with E-state index in [-0.39, 0.29) is 24.0 Å². The van der Waals surface area contributed by atoms with Crippen LogP contribution >= 0.6 is 24.0 Å². The summed E-state index contributed by atoms with van der Waals surface area (Å²) >= 11 is 0. The predicted octanol–water partition coefficient (Wildman–Crippen LogP) is 4.20. The Morgan fingerprint density at radius 3 is 2.47 bits per heavy atom. The van der Waals surface area contributed by atoms with Crippen molar-refractivity contribution in [2.45, 2.75) is 44.9 Å². The highest BCUT2D eigenvalue weighted by Gasteiger charge is 2.25. The van der Waals surface area contributed by atoms with E-state index in [0.717, 1.165) is 37.5 Å². The molecule has 2 unspecified atom stereocenters. The Labute approximate surface area is 208 Å². The number of nitrogens with one attached hydrogen (secondary N) is 3. The third-order valence-electron chi connectivity index (χ3n) is 5.65. The molecule has 1 fully saturated rings. The summed E-state index contributed by atoms with van der Waals surface area (Å²) in [5, 5.41) is 9.61. The van der Waals surface area contributed by atoms with Gasteiger partial charge in [-0.25, -0.2) is 4.79 Å². The van der Waals surface area contributed by atoms with Crippen LogP contribution in [0.4, 0.5) is 10.5 Å². The maximum atomic E-state index is 11.3. The summed E-state index contributed by atoms with van der Waals surface area (Å²) in [7, 11) is 3.15. The Kier molecular flexibility index (Phi) is 10.8. The quantitative estimate of drug-likeness (QED) is 0.285. The molecule has 2 aromatic rings. The molecule has 0 aromatic heterocycles. The van der Waals surface area contributed by atoms with E-state index >= 15 is 0 Å². The van der Waals surface area contributed by atoms with Gasteiger partial charge in [-0.15, -0.1) is 24.0 Å². The number of hydrogen-bond acceptors (Lipinski definition) is 4. The zero-order valence-corrected chi connectivity index (χ0v) is 21.3. The highest BCUT2D eigenvalue weighted by molar-refractivity contribution is 14.0. The maximum Gasteiger partial charge on any atom is 0.411 e. The second kappa shape index (κ2) is 13.3. The van der Waals surface area contributed by atoms with Gasteiger partial charge in [0, 0.05) is 44.5 Å². The van der Waals surface area contributed by atoms with Gasteiger partial charge in [0.1, 0.15) is 0 Å². The molecule has 0 spiro atoms. The molecular formula is C24H34IN5O2. The molecule has 2 aromatic carbocycles. The van der Waals surface area contributed by atoms with Gasteiger partial charge in [-0.3, -0.25) is 15.2 Å². The first-order chi connectivity index (χ1) is 15.1. The number of halogens is 1. The maximum absolute atomic E-state index is 11.3. The number of methoxy groups -OCH3 is 1. The Balaban J connectivity index is 0.00000363. The molecule has 1 amide bonds. The van der Waals surface area contributed by atoms with Gasteiger partial charge >= 0.3 is 6.09 Å². The molecule has 7 nitrogen and oxygen atoms in total. The van der Waals surface area contributed by atoms with Gasteiger partial charge in [0.15, 0.2) is 5.96 Å². The average molecular weight is 551 g/mol. The number of anilines is 1. The summed E-state index contributed by atoms with van der Waals surface area (Å²) in [5.74, 6) is 0.811. The summed E-state index contributed by atoms with van der Waals surface area (Å²) < 4.78 is 4.60. The molecule has 1 aliphatic rings. The Bertz CT molecular complexity index is 860. The van der Waals surface area contributed by atoms with Crippen LogP contribution in [0.3, 0.4) is 0 Å². The first-order valence-electron chi connectivity index (χ1n) is 10.8. The monoisotopic (exact) mass is 551 g/mol. The molecule has 174 valence electrons. The van der Waals surface area contributed by atoms with Crippen LogP contribution in [0.1, 0.15) is 30.9 Å². The van der Waals surface area contributed by atoms with E-state index in [0.29, 0.717) is 24.3 Å². The third kappa shape index (κ3) is 7.98. The van der Waals surface area contributed by atoms with Gasteiger partial charge in [0.05, 0.1) is 7.11 Å². The molecule has 0 radical (unpaired) electrons. The van der Waals surface area contributed by atoms with Crippen molar-refractivity contribution in [1.82, 2.24) is 15.5 Å². The average Bonchev–Trinajstić information content (AvgIpc) is 2.80. The summed E-state index contributed by atoms with van der Waals surface area (Å²) in [5.41, 5.74) is 3.17. The van der Waals surface area contributed by atoms with Crippen molar-refractivity contribution in [2.75, 3.05) is 26.0 Å². The van der Waals surface area contributed by atoms with Crippen LogP contribution in [-0.4, -0.2) is 49.7 Å². The lowest BCUT2D eigenvalue weighted by molar-refractivity contribution is 0.134. The van der Waals surface area contributed by atoms with Gasteiger partial charge in [-0.1, -0.05) is 42.5 Å². The van der Waals surface area contributed by atoms with Crippen LogP contribution in [0.15, 0.2) is 59.6 Å². The number of amides is 1. The van der Waals surface area contributed by atoms with Crippen molar-refractivity contribution >= 4 is 41.7 Å². The first kappa shape index (κ1) is 25.9. The van der Waals surface area contributed by atoms with Gasteiger partial charge < -0.3 is 15.4 Å². The molecule has 1 saturated heterocycles. The predicted molar refractivity (Wildman–Crippen MR) is 141 cm³/mol. The highest BCUT2D eigenvalue weighted by atomic mass is 127. The molecule has 0 aliphatic carbocycles. The van der Waals surface area contributed by atoms with Crippen LogP contribution < -0.4 is 16.0 Å². The lowest BCUT2D eigenvalue weighted by atomic mass is 9.97. The van der Waals surface area contributed by atoms with Crippen molar-refractivity contribution in [3.8, 4) is 0 Å². The molecule has 0 bridgehead atoms. The number of piperidine rings is 1. The lowest BCUT2D eigenvalue weighted by Crippen LogP contribution is -2.51. The molecule has 0 saturated carbocycles. The van der Waals surface area contributed by atoms with E-state index in [2.05, 4.69) is 67.8 Å². The summed E-state index contributed by atoms with van der Waals surface area (Å²) in [6, 6.07) is 19.2. The summed E-state index contributed by atoms with van der Waals surface area (Å²) in [6.45, 7) is 5.03. The normalized spacial score (nSPS) is 18.9. The van der Waals surface area contributed by atoms with Crippen molar-refractivity contribution in [3.63, 3.8) is 0 Å². The van der Waals surface area contributed by atoms with E-state index in [9.17, 15) is 4.79 Å². The number of ether oxygens (including phenoxy) is 1. The highest BCUT2D eigenvalue weighted by Crippen LogP contribution is 2.20. The van der Waals surface area contributed by atoms with Crippen molar-refractivity contribution in [1.29, 1.82) is 0 Å². The molecule has 8 heteroatoms. The van der Waals surface area contributed by atoms with Crippen LogP contribution in [0.2, 0.25) is 0 Å².